The number of aryl methyl sites for hydroxylation is 1. The second-order valence-electron chi connectivity index (χ2n) is 5.45. The minimum Gasteiger partial charge on any atom is -0.378 e. The summed E-state index contributed by atoms with van der Waals surface area (Å²) in [6, 6.07) is 5.16. The van der Waals surface area contributed by atoms with E-state index >= 15 is 0 Å². The molecule has 1 aliphatic heterocycles. The van der Waals surface area contributed by atoms with E-state index in [1.165, 1.54) is 35.4 Å². The minimum absolute atomic E-state index is 0.486. The first-order chi connectivity index (χ1) is 9.31. The van der Waals surface area contributed by atoms with Gasteiger partial charge in [0.1, 0.15) is 0 Å². The van der Waals surface area contributed by atoms with Crippen LogP contribution in [0.3, 0.4) is 0 Å². The van der Waals surface area contributed by atoms with Crippen molar-refractivity contribution >= 4 is 11.3 Å². The summed E-state index contributed by atoms with van der Waals surface area (Å²) >= 11 is 1.97. The average molecular weight is 281 g/mol. The summed E-state index contributed by atoms with van der Waals surface area (Å²) in [6.45, 7) is 6.54. The van der Waals surface area contributed by atoms with Crippen molar-refractivity contribution in [2.75, 3.05) is 13.2 Å². The predicted octanol–water partition coefficient (Wildman–Crippen LogP) is 3.79. The summed E-state index contributed by atoms with van der Waals surface area (Å²) in [6.07, 6.45) is 7.65. The smallest absolute Gasteiger partial charge is 0.0590 e. The number of hydrogen-bond acceptors (Lipinski definition) is 3. The molecule has 2 atom stereocenters. The Balaban J connectivity index is 1.87. The van der Waals surface area contributed by atoms with Gasteiger partial charge in [-0.1, -0.05) is 13.8 Å². The predicted molar refractivity (Wildman–Crippen MR) is 83.1 cm³/mol. The largest absolute Gasteiger partial charge is 0.378 e. The molecular formula is C16H27NOS. The van der Waals surface area contributed by atoms with Crippen LogP contribution in [0, 0.1) is 0 Å². The molecule has 0 bridgehead atoms. The molecule has 1 aromatic rings. The lowest BCUT2D eigenvalue weighted by Gasteiger charge is -2.21. The standard InChI is InChI=1S/C16H27NOS/c1-3-9-17-13(11-14-6-5-10-18-14)12-16-8-7-15(4-2)19-16/h7-8,13-14,17H,3-6,9-12H2,1-2H3. The third-order valence-corrected chi connectivity index (χ3v) is 5.02. The van der Waals surface area contributed by atoms with Crippen molar-refractivity contribution in [3.63, 3.8) is 0 Å². The number of hydrogen-bond donors (Lipinski definition) is 1. The van der Waals surface area contributed by atoms with Gasteiger partial charge in [0, 0.05) is 22.4 Å². The SMILES string of the molecule is CCCNC(Cc1ccc(CC)s1)CC1CCCO1. The van der Waals surface area contributed by atoms with Gasteiger partial charge in [0.05, 0.1) is 6.10 Å². The van der Waals surface area contributed by atoms with Gasteiger partial charge in [-0.25, -0.2) is 0 Å². The van der Waals surface area contributed by atoms with Crippen molar-refractivity contribution in [1.82, 2.24) is 5.32 Å². The molecule has 1 saturated heterocycles. The lowest BCUT2D eigenvalue weighted by Crippen LogP contribution is -2.34. The van der Waals surface area contributed by atoms with Crippen molar-refractivity contribution in [2.45, 2.75) is 64.5 Å². The molecule has 1 aliphatic rings. The van der Waals surface area contributed by atoms with E-state index in [1.807, 2.05) is 11.3 Å². The van der Waals surface area contributed by atoms with Crippen molar-refractivity contribution < 1.29 is 4.74 Å². The Hall–Kier alpha value is -0.380. The number of rotatable bonds is 8. The van der Waals surface area contributed by atoms with E-state index in [0.717, 1.165) is 26.0 Å². The lowest BCUT2D eigenvalue weighted by molar-refractivity contribution is 0.0946. The van der Waals surface area contributed by atoms with Crippen LogP contribution in [0.25, 0.3) is 0 Å². The van der Waals surface area contributed by atoms with Crippen molar-refractivity contribution in [2.24, 2.45) is 0 Å². The summed E-state index contributed by atoms with van der Waals surface area (Å²) in [7, 11) is 0. The molecule has 0 radical (unpaired) electrons. The van der Waals surface area contributed by atoms with Crippen LogP contribution in [0.15, 0.2) is 12.1 Å². The van der Waals surface area contributed by atoms with Crippen LogP contribution in [0.1, 0.15) is 49.3 Å². The second kappa shape index (κ2) is 8.03. The number of ether oxygens (including phenoxy) is 1. The maximum absolute atomic E-state index is 5.79. The van der Waals surface area contributed by atoms with Crippen molar-refractivity contribution in [3.05, 3.63) is 21.9 Å². The summed E-state index contributed by atoms with van der Waals surface area (Å²) in [5.74, 6) is 0. The van der Waals surface area contributed by atoms with Gasteiger partial charge in [-0.15, -0.1) is 11.3 Å². The van der Waals surface area contributed by atoms with Crippen LogP contribution >= 0.6 is 11.3 Å². The van der Waals surface area contributed by atoms with Crippen LogP contribution in [-0.4, -0.2) is 25.3 Å². The molecule has 108 valence electrons. The molecular weight excluding hydrogens is 254 g/mol. The van der Waals surface area contributed by atoms with Gasteiger partial charge in [-0.05, 0) is 57.2 Å². The Morgan fingerprint density at radius 1 is 1.37 bits per heavy atom. The molecule has 0 amide bonds. The van der Waals surface area contributed by atoms with E-state index in [9.17, 15) is 0 Å². The van der Waals surface area contributed by atoms with Crippen molar-refractivity contribution in [3.8, 4) is 0 Å². The maximum Gasteiger partial charge on any atom is 0.0590 e. The molecule has 2 rings (SSSR count). The number of nitrogens with one attached hydrogen (secondary N) is 1. The van der Waals surface area contributed by atoms with Gasteiger partial charge in [-0.2, -0.15) is 0 Å². The summed E-state index contributed by atoms with van der Waals surface area (Å²) < 4.78 is 5.79. The summed E-state index contributed by atoms with van der Waals surface area (Å²) in [5, 5.41) is 3.70. The first-order valence-corrected chi connectivity index (χ1v) is 8.56. The van der Waals surface area contributed by atoms with E-state index in [4.69, 9.17) is 4.74 Å². The van der Waals surface area contributed by atoms with E-state index < -0.39 is 0 Å². The quantitative estimate of drug-likeness (QED) is 0.783. The van der Waals surface area contributed by atoms with E-state index in [1.54, 1.807) is 0 Å². The van der Waals surface area contributed by atoms with Crippen LogP contribution in [0.2, 0.25) is 0 Å². The van der Waals surface area contributed by atoms with Gasteiger partial charge in [0.2, 0.25) is 0 Å². The lowest BCUT2D eigenvalue weighted by atomic mass is 10.0. The fourth-order valence-corrected chi connectivity index (χ4v) is 3.74. The maximum atomic E-state index is 5.79. The Labute approximate surface area is 121 Å². The average Bonchev–Trinajstić information content (AvgIpc) is 3.07. The van der Waals surface area contributed by atoms with E-state index in [0.29, 0.717) is 12.1 Å². The van der Waals surface area contributed by atoms with E-state index in [2.05, 4.69) is 31.3 Å². The molecule has 0 spiro atoms. The molecule has 1 N–H and O–H groups in total. The highest BCUT2D eigenvalue weighted by Crippen LogP contribution is 2.22. The monoisotopic (exact) mass is 281 g/mol. The fourth-order valence-electron chi connectivity index (χ4n) is 2.70. The molecule has 19 heavy (non-hydrogen) atoms. The Morgan fingerprint density at radius 2 is 2.21 bits per heavy atom. The Morgan fingerprint density at radius 3 is 2.84 bits per heavy atom. The molecule has 0 aliphatic carbocycles. The highest BCUT2D eigenvalue weighted by Gasteiger charge is 2.21. The highest BCUT2D eigenvalue weighted by molar-refractivity contribution is 7.11. The zero-order valence-electron chi connectivity index (χ0n) is 12.3. The molecule has 1 fully saturated rings. The second-order valence-corrected chi connectivity index (χ2v) is 6.70. The van der Waals surface area contributed by atoms with E-state index in [-0.39, 0.29) is 0 Å². The van der Waals surface area contributed by atoms with Crippen LogP contribution in [0.4, 0.5) is 0 Å². The summed E-state index contributed by atoms with van der Waals surface area (Å²) in [4.78, 5) is 3.02. The molecule has 2 nitrogen and oxygen atoms in total. The Bertz CT molecular complexity index is 357. The topological polar surface area (TPSA) is 21.3 Å². The van der Waals surface area contributed by atoms with Gasteiger partial charge < -0.3 is 10.1 Å². The molecule has 2 unspecified atom stereocenters. The van der Waals surface area contributed by atoms with Gasteiger partial charge in [0.15, 0.2) is 0 Å². The molecule has 1 aromatic heterocycles. The third-order valence-electron chi connectivity index (χ3n) is 3.77. The molecule has 3 heteroatoms. The van der Waals surface area contributed by atoms with Gasteiger partial charge in [0.25, 0.3) is 0 Å². The number of thiophene rings is 1. The van der Waals surface area contributed by atoms with Gasteiger partial charge in [-0.3, -0.25) is 0 Å². The minimum atomic E-state index is 0.486. The molecule has 2 heterocycles. The first kappa shape index (κ1) is 15.0. The molecule has 0 aromatic carbocycles. The van der Waals surface area contributed by atoms with Crippen molar-refractivity contribution in [1.29, 1.82) is 0 Å². The van der Waals surface area contributed by atoms with Gasteiger partial charge >= 0.3 is 0 Å². The highest BCUT2D eigenvalue weighted by atomic mass is 32.1. The third kappa shape index (κ3) is 4.90. The normalized spacial score (nSPS) is 20.8. The zero-order chi connectivity index (χ0) is 13.5. The van der Waals surface area contributed by atoms with Crippen LogP contribution < -0.4 is 5.32 Å². The first-order valence-electron chi connectivity index (χ1n) is 7.74. The van der Waals surface area contributed by atoms with Crippen LogP contribution in [-0.2, 0) is 17.6 Å². The Kier molecular flexibility index (Phi) is 6.35. The molecule has 0 saturated carbocycles. The zero-order valence-corrected chi connectivity index (χ0v) is 13.1. The van der Waals surface area contributed by atoms with Crippen LogP contribution in [0.5, 0.6) is 0 Å². The fraction of sp³-hybridized carbons (Fsp3) is 0.750. The summed E-state index contributed by atoms with van der Waals surface area (Å²) in [5.41, 5.74) is 0.